The minimum atomic E-state index is -1.15. The molecule has 174 valence electrons. The van der Waals surface area contributed by atoms with Crippen LogP contribution in [0.2, 0.25) is 0 Å². The van der Waals surface area contributed by atoms with Gasteiger partial charge in [-0.25, -0.2) is 4.79 Å². The summed E-state index contributed by atoms with van der Waals surface area (Å²) in [5.74, 6) is -2.41. The molecule has 0 aromatic carbocycles. The number of rotatable bonds is 15. The minimum absolute atomic E-state index is 0.316. The number of thioether (sulfide) groups is 1. The van der Waals surface area contributed by atoms with Gasteiger partial charge in [-0.3, -0.25) is 14.4 Å². The lowest BCUT2D eigenvalue weighted by atomic mass is 10.0. The SMILES string of the molecule is CSCCC(NC(=O)C(N)CCCCN)C(=O)NC(C)C(=O)NC(C(=O)O)C(C)C. The highest BCUT2D eigenvalue weighted by Crippen LogP contribution is 2.05. The van der Waals surface area contributed by atoms with Gasteiger partial charge in [-0.15, -0.1) is 0 Å². The van der Waals surface area contributed by atoms with Crippen LogP contribution in [0.4, 0.5) is 0 Å². The number of nitrogens with one attached hydrogen (secondary N) is 3. The average molecular weight is 448 g/mol. The number of carboxylic acids is 1. The van der Waals surface area contributed by atoms with Gasteiger partial charge in [0.2, 0.25) is 17.7 Å². The fourth-order valence-corrected chi connectivity index (χ4v) is 3.07. The van der Waals surface area contributed by atoms with Crippen molar-refractivity contribution in [3.8, 4) is 0 Å². The van der Waals surface area contributed by atoms with Gasteiger partial charge in [0.25, 0.3) is 0 Å². The quantitative estimate of drug-likeness (QED) is 0.180. The van der Waals surface area contributed by atoms with Gasteiger partial charge in [0.1, 0.15) is 18.1 Å². The van der Waals surface area contributed by atoms with Gasteiger partial charge in [0.15, 0.2) is 0 Å². The molecule has 0 aliphatic rings. The Kier molecular flexibility index (Phi) is 14.1. The minimum Gasteiger partial charge on any atom is -0.480 e. The number of carboxylic acid groups (broad SMARTS) is 1. The van der Waals surface area contributed by atoms with Gasteiger partial charge < -0.3 is 32.5 Å². The van der Waals surface area contributed by atoms with Crippen molar-refractivity contribution in [2.75, 3.05) is 18.6 Å². The molecular weight excluding hydrogens is 410 g/mol. The molecular formula is C19H37N5O5S. The molecule has 10 nitrogen and oxygen atoms in total. The second-order valence-corrected chi connectivity index (χ2v) is 8.52. The van der Waals surface area contributed by atoms with Gasteiger partial charge in [0.05, 0.1) is 6.04 Å². The topological polar surface area (TPSA) is 177 Å². The van der Waals surface area contributed by atoms with Crippen LogP contribution in [0.15, 0.2) is 0 Å². The number of aliphatic carboxylic acids is 1. The number of carbonyl (C=O) groups is 4. The third-order valence-electron chi connectivity index (χ3n) is 4.53. The lowest BCUT2D eigenvalue weighted by molar-refractivity contribution is -0.143. The largest absolute Gasteiger partial charge is 0.480 e. The van der Waals surface area contributed by atoms with Crippen molar-refractivity contribution in [3.05, 3.63) is 0 Å². The van der Waals surface area contributed by atoms with Gasteiger partial charge in [0, 0.05) is 0 Å². The molecule has 0 heterocycles. The van der Waals surface area contributed by atoms with Crippen LogP contribution in [0.5, 0.6) is 0 Å². The Morgan fingerprint density at radius 1 is 0.933 bits per heavy atom. The molecule has 3 amide bonds. The van der Waals surface area contributed by atoms with Gasteiger partial charge in [-0.05, 0) is 50.7 Å². The number of amides is 3. The molecule has 0 fully saturated rings. The highest BCUT2D eigenvalue weighted by Gasteiger charge is 2.29. The molecule has 0 aliphatic carbocycles. The summed E-state index contributed by atoms with van der Waals surface area (Å²) in [5.41, 5.74) is 11.3. The van der Waals surface area contributed by atoms with E-state index in [-0.39, 0.29) is 5.92 Å². The summed E-state index contributed by atoms with van der Waals surface area (Å²) in [4.78, 5) is 48.5. The van der Waals surface area contributed by atoms with Crippen LogP contribution < -0.4 is 27.4 Å². The van der Waals surface area contributed by atoms with Crippen LogP contribution in [0.25, 0.3) is 0 Å². The van der Waals surface area contributed by atoms with E-state index in [2.05, 4.69) is 16.0 Å². The number of unbranched alkanes of at least 4 members (excludes halogenated alkanes) is 1. The van der Waals surface area contributed by atoms with E-state index < -0.39 is 47.9 Å². The van der Waals surface area contributed by atoms with E-state index in [0.29, 0.717) is 31.6 Å². The lowest BCUT2D eigenvalue weighted by Crippen LogP contribution is -2.56. The Bertz CT molecular complexity index is 576. The van der Waals surface area contributed by atoms with Crippen molar-refractivity contribution < 1.29 is 24.3 Å². The summed E-state index contributed by atoms with van der Waals surface area (Å²) in [6.45, 7) is 5.32. The first kappa shape index (κ1) is 28.1. The summed E-state index contributed by atoms with van der Waals surface area (Å²) in [7, 11) is 0. The molecule has 4 unspecified atom stereocenters. The monoisotopic (exact) mass is 447 g/mol. The number of hydrogen-bond acceptors (Lipinski definition) is 7. The first-order valence-corrected chi connectivity index (χ1v) is 11.5. The molecule has 0 saturated heterocycles. The van der Waals surface area contributed by atoms with Crippen molar-refractivity contribution in [2.24, 2.45) is 17.4 Å². The van der Waals surface area contributed by atoms with Crippen LogP contribution in [0.3, 0.4) is 0 Å². The molecule has 0 bridgehead atoms. The summed E-state index contributed by atoms with van der Waals surface area (Å²) < 4.78 is 0. The van der Waals surface area contributed by atoms with Gasteiger partial charge in [-0.2, -0.15) is 11.8 Å². The highest BCUT2D eigenvalue weighted by molar-refractivity contribution is 7.98. The maximum absolute atomic E-state index is 12.6. The summed E-state index contributed by atoms with van der Waals surface area (Å²) in [6.07, 6.45) is 4.18. The maximum atomic E-state index is 12.6. The Morgan fingerprint density at radius 2 is 1.57 bits per heavy atom. The summed E-state index contributed by atoms with van der Waals surface area (Å²) >= 11 is 1.52. The van der Waals surface area contributed by atoms with E-state index in [0.717, 1.165) is 6.42 Å². The molecule has 0 radical (unpaired) electrons. The van der Waals surface area contributed by atoms with Crippen molar-refractivity contribution in [1.82, 2.24) is 16.0 Å². The molecule has 30 heavy (non-hydrogen) atoms. The standard InChI is InChI=1S/C19H37N5O5S/c1-11(2)15(19(28)29)24-16(25)12(3)22-18(27)14(8-10-30-4)23-17(26)13(21)7-5-6-9-20/h11-15H,5-10,20-21H2,1-4H3,(H,22,27)(H,23,26)(H,24,25)(H,28,29). The second kappa shape index (κ2) is 15.0. The Hall–Kier alpha value is -1.85. The average Bonchev–Trinajstić information content (AvgIpc) is 2.67. The maximum Gasteiger partial charge on any atom is 0.326 e. The van der Waals surface area contributed by atoms with Crippen LogP contribution in [0, 0.1) is 5.92 Å². The molecule has 0 aromatic rings. The van der Waals surface area contributed by atoms with Crippen molar-refractivity contribution in [3.63, 3.8) is 0 Å². The summed E-state index contributed by atoms with van der Waals surface area (Å²) in [5, 5.41) is 16.8. The molecule has 0 rings (SSSR count). The zero-order valence-electron chi connectivity index (χ0n) is 18.3. The first-order chi connectivity index (χ1) is 14.0. The molecule has 0 aromatic heterocycles. The van der Waals surface area contributed by atoms with E-state index in [1.807, 2.05) is 6.26 Å². The zero-order chi connectivity index (χ0) is 23.3. The Balaban J connectivity index is 4.94. The Morgan fingerprint density at radius 3 is 2.07 bits per heavy atom. The zero-order valence-corrected chi connectivity index (χ0v) is 19.1. The number of nitrogens with two attached hydrogens (primary N) is 2. The smallest absolute Gasteiger partial charge is 0.326 e. The third-order valence-corrected chi connectivity index (χ3v) is 5.18. The summed E-state index contributed by atoms with van der Waals surface area (Å²) in [6, 6.07) is -3.62. The van der Waals surface area contributed by atoms with Crippen molar-refractivity contribution in [1.29, 1.82) is 0 Å². The lowest BCUT2D eigenvalue weighted by Gasteiger charge is -2.24. The molecule has 0 spiro atoms. The van der Waals surface area contributed by atoms with Crippen LogP contribution in [-0.4, -0.2) is 71.5 Å². The fourth-order valence-electron chi connectivity index (χ4n) is 2.59. The van der Waals surface area contributed by atoms with Gasteiger partial charge in [-0.1, -0.05) is 20.3 Å². The van der Waals surface area contributed by atoms with Gasteiger partial charge >= 0.3 is 5.97 Å². The van der Waals surface area contributed by atoms with Crippen molar-refractivity contribution >= 4 is 35.5 Å². The van der Waals surface area contributed by atoms with E-state index >= 15 is 0 Å². The van der Waals surface area contributed by atoms with Crippen LogP contribution >= 0.6 is 11.8 Å². The second-order valence-electron chi connectivity index (χ2n) is 7.53. The molecule has 8 N–H and O–H groups in total. The first-order valence-electron chi connectivity index (χ1n) is 10.1. The number of hydrogen-bond donors (Lipinski definition) is 6. The number of carbonyl (C=O) groups excluding carboxylic acids is 3. The fraction of sp³-hybridized carbons (Fsp3) is 0.789. The Labute approximate surface area is 182 Å². The predicted octanol–water partition coefficient (Wildman–Crippen LogP) is -0.589. The van der Waals surface area contributed by atoms with Crippen LogP contribution in [-0.2, 0) is 19.2 Å². The molecule has 0 saturated carbocycles. The normalized spacial score (nSPS) is 15.0. The molecule has 11 heteroatoms. The van der Waals surface area contributed by atoms with E-state index in [9.17, 15) is 24.3 Å². The molecule has 0 aliphatic heterocycles. The highest BCUT2D eigenvalue weighted by atomic mass is 32.2. The molecule has 4 atom stereocenters. The van der Waals surface area contributed by atoms with E-state index in [4.69, 9.17) is 11.5 Å². The third kappa shape index (κ3) is 10.8. The van der Waals surface area contributed by atoms with E-state index in [1.165, 1.54) is 18.7 Å². The predicted molar refractivity (Wildman–Crippen MR) is 118 cm³/mol. The van der Waals surface area contributed by atoms with Crippen molar-refractivity contribution in [2.45, 2.75) is 70.6 Å². The van der Waals surface area contributed by atoms with Crippen LogP contribution in [0.1, 0.15) is 46.5 Å². The van der Waals surface area contributed by atoms with E-state index in [1.54, 1.807) is 13.8 Å².